The molecule has 31 heavy (non-hydrogen) atoms. The van der Waals surface area contributed by atoms with Crippen LogP contribution in [-0.2, 0) is 19.3 Å². The predicted molar refractivity (Wildman–Crippen MR) is 102 cm³/mol. The molecule has 0 amide bonds. The third kappa shape index (κ3) is 4.19. The van der Waals surface area contributed by atoms with E-state index in [4.69, 9.17) is 10.5 Å². The fourth-order valence-corrected chi connectivity index (χ4v) is 3.09. The molecule has 0 aliphatic rings. The van der Waals surface area contributed by atoms with Gasteiger partial charge in [0, 0.05) is 12.1 Å². The van der Waals surface area contributed by atoms with Crippen LogP contribution in [0.5, 0.6) is 5.88 Å². The summed E-state index contributed by atoms with van der Waals surface area (Å²) in [5, 5.41) is 3.40. The molecule has 0 aliphatic carbocycles. The number of nitrogens with zero attached hydrogens (tertiary/aromatic N) is 3. The van der Waals surface area contributed by atoms with Crippen molar-refractivity contribution in [2.24, 2.45) is 5.73 Å². The van der Waals surface area contributed by atoms with Gasteiger partial charge in [-0.1, -0.05) is 12.1 Å². The summed E-state index contributed by atoms with van der Waals surface area (Å²) in [6.45, 7) is -0.208. The average molecular weight is 434 g/mol. The van der Waals surface area contributed by atoms with Crippen LogP contribution in [0.25, 0.3) is 16.7 Å². The normalized spacial score (nSPS) is 11.8. The zero-order chi connectivity index (χ0) is 22.2. The largest absolute Gasteiger partial charge is 0.473 e. The molecular formula is C21H15F5N4O. The lowest BCUT2D eigenvalue weighted by Gasteiger charge is -2.11. The van der Waals surface area contributed by atoms with Crippen LogP contribution in [0.15, 0.2) is 54.6 Å². The van der Waals surface area contributed by atoms with Gasteiger partial charge >= 0.3 is 6.18 Å². The van der Waals surface area contributed by atoms with E-state index in [-0.39, 0.29) is 41.3 Å². The molecule has 2 heterocycles. The fourth-order valence-electron chi connectivity index (χ4n) is 3.09. The van der Waals surface area contributed by atoms with E-state index in [0.29, 0.717) is 5.56 Å². The quantitative estimate of drug-likeness (QED) is 0.460. The molecule has 160 valence electrons. The molecule has 2 aromatic carbocycles. The molecule has 0 bridgehead atoms. The average Bonchev–Trinajstić information content (AvgIpc) is 3.11. The highest BCUT2D eigenvalue weighted by Gasteiger charge is 2.38. The number of halogens is 5. The number of hydrogen-bond acceptors (Lipinski definition) is 4. The predicted octanol–water partition coefficient (Wildman–Crippen LogP) is 4.76. The summed E-state index contributed by atoms with van der Waals surface area (Å²) in [5.74, 6) is -1.00. The minimum Gasteiger partial charge on any atom is -0.473 e. The van der Waals surface area contributed by atoms with E-state index in [2.05, 4.69) is 10.1 Å². The molecule has 0 atom stereocenters. The molecule has 2 aromatic heterocycles. The minimum atomic E-state index is -4.75. The van der Waals surface area contributed by atoms with Gasteiger partial charge in [-0.2, -0.15) is 23.3 Å². The molecule has 10 heteroatoms. The van der Waals surface area contributed by atoms with E-state index < -0.39 is 23.5 Å². The van der Waals surface area contributed by atoms with E-state index in [0.717, 1.165) is 16.8 Å². The van der Waals surface area contributed by atoms with Gasteiger partial charge in [-0.05, 0) is 48.0 Å². The van der Waals surface area contributed by atoms with E-state index in [1.807, 2.05) is 0 Å². The Morgan fingerprint density at radius 2 is 1.71 bits per heavy atom. The Hall–Kier alpha value is -3.53. The lowest BCUT2D eigenvalue weighted by molar-refractivity contribution is -0.140. The molecule has 0 radical (unpaired) electrons. The van der Waals surface area contributed by atoms with Gasteiger partial charge < -0.3 is 10.5 Å². The van der Waals surface area contributed by atoms with Crippen molar-refractivity contribution in [3.05, 3.63) is 83.1 Å². The summed E-state index contributed by atoms with van der Waals surface area (Å²) in [6.07, 6.45) is -4.75. The first-order valence-corrected chi connectivity index (χ1v) is 9.09. The van der Waals surface area contributed by atoms with E-state index in [1.54, 1.807) is 6.07 Å². The molecule has 4 aromatic rings. The standard InChI is InChI=1S/C21H15F5N4O/c22-14-4-6-16(7-5-14)30-19-17(18(29-30)21(24,25)26)9-13(10-27)20(28-19)31-11-12-2-1-3-15(23)8-12/h1-9H,10-11,27H2. The van der Waals surface area contributed by atoms with Gasteiger partial charge in [0.15, 0.2) is 11.3 Å². The maximum Gasteiger partial charge on any atom is 0.435 e. The summed E-state index contributed by atoms with van der Waals surface area (Å²) in [6, 6.07) is 11.7. The van der Waals surface area contributed by atoms with Crippen molar-refractivity contribution < 1.29 is 26.7 Å². The first kappa shape index (κ1) is 20.7. The van der Waals surface area contributed by atoms with E-state index in [1.165, 1.54) is 36.4 Å². The van der Waals surface area contributed by atoms with Crippen molar-refractivity contribution in [3.8, 4) is 11.6 Å². The van der Waals surface area contributed by atoms with Crippen LogP contribution in [0.4, 0.5) is 22.0 Å². The van der Waals surface area contributed by atoms with E-state index >= 15 is 0 Å². The van der Waals surface area contributed by atoms with Crippen molar-refractivity contribution in [1.82, 2.24) is 14.8 Å². The van der Waals surface area contributed by atoms with Crippen molar-refractivity contribution in [3.63, 3.8) is 0 Å². The maximum absolute atomic E-state index is 13.6. The minimum absolute atomic E-state index is 0.00347. The number of hydrogen-bond donors (Lipinski definition) is 1. The van der Waals surface area contributed by atoms with Crippen molar-refractivity contribution >= 4 is 11.0 Å². The van der Waals surface area contributed by atoms with Crippen molar-refractivity contribution in [1.29, 1.82) is 0 Å². The number of benzene rings is 2. The first-order valence-electron chi connectivity index (χ1n) is 9.09. The zero-order valence-corrected chi connectivity index (χ0v) is 15.8. The highest BCUT2D eigenvalue weighted by Crippen LogP contribution is 2.36. The van der Waals surface area contributed by atoms with Gasteiger partial charge in [0.05, 0.1) is 11.1 Å². The van der Waals surface area contributed by atoms with Crippen molar-refractivity contribution in [2.75, 3.05) is 0 Å². The third-order valence-corrected chi connectivity index (χ3v) is 4.52. The van der Waals surface area contributed by atoms with Gasteiger partial charge in [-0.25, -0.2) is 13.5 Å². The van der Waals surface area contributed by atoms with Gasteiger partial charge in [0.2, 0.25) is 5.88 Å². The summed E-state index contributed by atoms with van der Waals surface area (Å²) in [7, 11) is 0. The Morgan fingerprint density at radius 3 is 2.35 bits per heavy atom. The first-order chi connectivity index (χ1) is 14.8. The highest BCUT2D eigenvalue weighted by atomic mass is 19.4. The number of alkyl halides is 3. The molecule has 0 spiro atoms. The summed E-state index contributed by atoms with van der Waals surface area (Å²) >= 11 is 0. The van der Waals surface area contributed by atoms with Gasteiger partial charge in [0.1, 0.15) is 18.2 Å². The Balaban J connectivity index is 1.84. The molecule has 0 fully saturated rings. The number of fused-ring (bicyclic) bond motifs is 1. The Labute approximate surface area is 172 Å². The number of nitrogens with two attached hydrogens (primary N) is 1. The molecular weight excluding hydrogens is 419 g/mol. The number of rotatable bonds is 5. The van der Waals surface area contributed by atoms with Gasteiger partial charge in [-0.3, -0.25) is 0 Å². The zero-order valence-electron chi connectivity index (χ0n) is 15.8. The van der Waals surface area contributed by atoms with Crippen LogP contribution >= 0.6 is 0 Å². The number of ether oxygens (including phenoxy) is 1. The second kappa shape index (κ2) is 7.95. The Bertz CT molecular complexity index is 1240. The molecule has 0 saturated heterocycles. The molecule has 0 saturated carbocycles. The van der Waals surface area contributed by atoms with Crippen LogP contribution in [0.1, 0.15) is 16.8 Å². The fraction of sp³-hybridized carbons (Fsp3) is 0.143. The van der Waals surface area contributed by atoms with Crippen LogP contribution in [0.3, 0.4) is 0 Å². The molecule has 4 rings (SSSR count). The molecule has 2 N–H and O–H groups in total. The Kier molecular flexibility index (Phi) is 5.32. The summed E-state index contributed by atoms with van der Waals surface area (Å²) < 4.78 is 74.1. The second-order valence-corrected chi connectivity index (χ2v) is 6.68. The smallest absolute Gasteiger partial charge is 0.435 e. The highest BCUT2D eigenvalue weighted by molar-refractivity contribution is 5.82. The van der Waals surface area contributed by atoms with Crippen LogP contribution < -0.4 is 10.5 Å². The van der Waals surface area contributed by atoms with Gasteiger partial charge in [0.25, 0.3) is 0 Å². The molecule has 0 aliphatic heterocycles. The third-order valence-electron chi connectivity index (χ3n) is 4.52. The van der Waals surface area contributed by atoms with Crippen molar-refractivity contribution in [2.45, 2.75) is 19.3 Å². The van der Waals surface area contributed by atoms with E-state index in [9.17, 15) is 22.0 Å². The van der Waals surface area contributed by atoms with Crippen LogP contribution in [0, 0.1) is 11.6 Å². The summed E-state index contributed by atoms with van der Waals surface area (Å²) in [5.41, 5.74) is 5.34. The Morgan fingerprint density at radius 1 is 0.968 bits per heavy atom. The summed E-state index contributed by atoms with van der Waals surface area (Å²) in [4.78, 5) is 4.23. The lowest BCUT2D eigenvalue weighted by Crippen LogP contribution is -2.08. The van der Waals surface area contributed by atoms with Gasteiger partial charge in [-0.15, -0.1) is 0 Å². The molecule has 5 nitrogen and oxygen atoms in total. The molecule has 0 unspecified atom stereocenters. The SMILES string of the molecule is NCc1cc2c(C(F)(F)F)nn(-c3ccc(F)cc3)c2nc1OCc1cccc(F)c1. The van der Waals surface area contributed by atoms with Crippen LogP contribution in [0.2, 0.25) is 0 Å². The monoisotopic (exact) mass is 434 g/mol. The number of pyridine rings is 1. The lowest BCUT2D eigenvalue weighted by atomic mass is 10.2. The number of aromatic nitrogens is 3. The maximum atomic E-state index is 13.6. The topological polar surface area (TPSA) is 66.0 Å². The second-order valence-electron chi connectivity index (χ2n) is 6.68. The van der Waals surface area contributed by atoms with Crippen LogP contribution in [-0.4, -0.2) is 14.8 Å².